The molecule has 128 valence electrons. The SMILES string of the molecule is Cc1cc(NC(=O)[C@H](N)c2cccc(Cl)c2)c(F)cc1-c1cn[nH]c1. The van der Waals surface area contributed by atoms with Gasteiger partial charge in [-0.05, 0) is 47.9 Å². The maximum atomic E-state index is 14.4. The standard InChI is InChI=1S/C18H16ClFN4O/c1-10-5-16(15(20)7-14(10)12-8-22-23-9-12)24-18(25)17(21)11-3-2-4-13(19)6-11/h2-9,17H,21H2,1H3,(H,22,23)(H,24,25)/t17-/m1/s1. The molecule has 0 unspecified atom stereocenters. The monoisotopic (exact) mass is 358 g/mol. The molecule has 3 aromatic rings. The largest absolute Gasteiger partial charge is 0.322 e. The number of amides is 1. The van der Waals surface area contributed by atoms with E-state index in [0.29, 0.717) is 16.1 Å². The van der Waals surface area contributed by atoms with Crippen LogP contribution in [0.15, 0.2) is 48.8 Å². The topological polar surface area (TPSA) is 83.8 Å². The summed E-state index contributed by atoms with van der Waals surface area (Å²) in [4.78, 5) is 12.3. The zero-order valence-electron chi connectivity index (χ0n) is 13.4. The van der Waals surface area contributed by atoms with Crippen LogP contribution in [0.5, 0.6) is 0 Å². The molecule has 0 fully saturated rings. The first-order chi connectivity index (χ1) is 12.0. The van der Waals surface area contributed by atoms with Gasteiger partial charge in [0.1, 0.15) is 11.9 Å². The third kappa shape index (κ3) is 3.70. The molecule has 0 radical (unpaired) electrons. The average molecular weight is 359 g/mol. The fourth-order valence-electron chi connectivity index (χ4n) is 2.55. The number of carbonyl (C=O) groups is 1. The van der Waals surface area contributed by atoms with Crippen LogP contribution in [0.3, 0.4) is 0 Å². The number of carbonyl (C=O) groups excluding carboxylic acids is 1. The summed E-state index contributed by atoms with van der Waals surface area (Å²) in [6, 6.07) is 8.67. The Bertz CT molecular complexity index is 911. The van der Waals surface area contributed by atoms with Crippen molar-refractivity contribution in [3.8, 4) is 11.1 Å². The van der Waals surface area contributed by atoms with Crippen molar-refractivity contribution in [1.29, 1.82) is 0 Å². The van der Waals surface area contributed by atoms with Gasteiger partial charge in [0.2, 0.25) is 5.91 Å². The minimum absolute atomic E-state index is 0.0761. The number of benzene rings is 2. The van der Waals surface area contributed by atoms with Gasteiger partial charge in [-0.1, -0.05) is 23.7 Å². The van der Waals surface area contributed by atoms with Crippen LogP contribution >= 0.6 is 11.6 Å². The van der Waals surface area contributed by atoms with Crippen LogP contribution in [-0.2, 0) is 4.79 Å². The third-order valence-corrected chi connectivity index (χ3v) is 4.11. The Morgan fingerprint density at radius 1 is 1.36 bits per heavy atom. The summed E-state index contributed by atoms with van der Waals surface area (Å²) in [6.07, 6.45) is 3.28. The van der Waals surface area contributed by atoms with Gasteiger partial charge in [0.15, 0.2) is 0 Å². The van der Waals surface area contributed by atoms with E-state index in [9.17, 15) is 9.18 Å². The summed E-state index contributed by atoms with van der Waals surface area (Å²) in [5, 5.41) is 9.56. The second kappa shape index (κ2) is 7.04. The second-order valence-corrected chi connectivity index (χ2v) is 6.09. The molecule has 1 heterocycles. The Balaban J connectivity index is 1.83. The lowest BCUT2D eigenvalue weighted by Gasteiger charge is -2.15. The number of H-pyrrole nitrogens is 1. The van der Waals surface area contributed by atoms with Crippen LogP contribution in [0, 0.1) is 12.7 Å². The van der Waals surface area contributed by atoms with Crippen LogP contribution in [0.2, 0.25) is 5.02 Å². The molecular formula is C18H16ClFN4O. The van der Waals surface area contributed by atoms with E-state index in [1.165, 1.54) is 6.07 Å². The third-order valence-electron chi connectivity index (χ3n) is 3.87. The predicted molar refractivity (Wildman–Crippen MR) is 95.7 cm³/mol. The summed E-state index contributed by atoms with van der Waals surface area (Å²) in [5.41, 5.74) is 8.84. The Morgan fingerprint density at radius 2 is 2.16 bits per heavy atom. The zero-order valence-corrected chi connectivity index (χ0v) is 14.1. The maximum absolute atomic E-state index is 14.4. The van der Waals surface area contributed by atoms with Gasteiger partial charge >= 0.3 is 0 Å². The van der Waals surface area contributed by atoms with Crippen molar-refractivity contribution in [3.05, 3.63) is 70.8 Å². The predicted octanol–water partition coefficient (Wildman–Crippen LogP) is 3.82. The highest BCUT2D eigenvalue weighted by molar-refractivity contribution is 6.30. The normalized spacial score (nSPS) is 12.0. The van der Waals surface area contributed by atoms with Crippen molar-refractivity contribution in [3.63, 3.8) is 0 Å². The molecular weight excluding hydrogens is 343 g/mol. The number of nitrogens with zero attached hydrogens (tertiary/aromatic N) is 1. The van der Waals surface area contributed by atoms with Gasteiger partial charge in [-0.25, -0.2) is 4.39 Å². The Hall–Kier alpha value is -2.70. The van der Waals surface area contributed by atoms with Gasteiger partial charge in [0.05, 0.1) is 11.9 Å². The van der Waals surface area contributed by atoms with E-state index < -0.39 is 17.8 Å². The lowest BCUT2D eigenvalue weighted by molar-refractivity contribution is -0.117. The Morgan fingerprint density at radius 3 is 2.84 bits per heavy atom. The molecule has 0 aliphatic carbocycles. The van der Waals surface area contributed by atoms with E-state index in [2.05, 4.69) is 15.5 Å². The first kappa shape index (κ1) is 17.1. The van der Waals surface area contributed by atoms with Gasteiger partial charge in [-0.2, -0.15) is 5.10 Å². The minimum atomic E-state index is -0.952. The Kier molecular flexibility index (Phi) is 4.83. The van der Waals surface area contributed by atoms with E-state index in [1.54, 1.807) is 42.7 Å². The number of aryl methyl sites for hydroxylation is 1. The summed E-state index contributed by atoms with van der Waals surface area (Å²) in [6.45, 7) is 1.83. The molecule has 4 N–H and O–H groups in total. The molecule has 0 saturated heterocycles. The number of aromatic nitrogens is 2. The molecule has 0 spiro atoms. The highest BCUT2D eigenvalue weighted by Crippen LogP contribution is 2.28. The Labute approximate surface area is 149 Å². The minimum Gasteiger partial charge on any atom is -0.322 e. The molecule has 0 aliphatic rings. The maximum Gasteiger partial charge on any atom is 0.245 e. The summed E-state index contributed by atoms with van der Waals surface area (Å²) in [7, 11) is 0. The van der Waals surface area contributed by atoms with E-state index in [0.717, 1.165) is 11.1 Å². The highest BCUT2D eigenvalue weighted by atomic mass is 35.5. The number of aromatic amines is 1. The first-order valence-electron chi connectivity index (χ1n) is 7.57. The van der Waals surface area contributed by atoms with Crippen LogP contribution in [0.25, 0.3) is 11.1 Å². The summed E-state index contributed by atoms with van der Waals surface area (Å²) in [5.74, 6) is -1.06. The molecule has 2 aromatic carbocycles. The van der Waals surface area contributed by atoms with E-state index in [-0.39, 0.29) is 5.69 Å². The van der Waals surface area contributed by atoms with Crippen molar-refractivity contribution in [2.45, 2.75) is 13.0 Å². The fraction of sp³-hybridized carbons (Fsp3) is 0.111. The number of rotatable bonds is 4. The molecule has 3 rings (SSSR count). The number of halogens is 2. The smallest absolute Gasteiger partial charge is 0.245 e. The van der Waals surface area contributed by atoms with Gasteiger partial charge in [-0.3, -0.25) is 9.89 Å². The van der Waals surface area contributed by atoms with E-state index >= 15 is 0 Å². The molecule has 1 aromatic heterocycles. The highest BCUT2D eigenvalue weighted by Gasteiger charge is 2.18. The molecule has 0 aliphatic heterocycles. The molecule has 25 heavy (non-hydrogen) atoms. The number of nitrogens with one attached hydrogen (secondary N) is 2. The number of anilines is 1. The van der Waals surface area contributed by atoms with Gasteiger partial charge in [0.25, 0.3) is 0 Å². The van der Waals surface area contributed by atoms with Crippen LogP contribution < -0.4 is 11.1 Å². The lowest BCUT2D eigenvalue weighted by atomic mass is 10.0. The van der Waals surface area contributed by atoms with E-state index in [4.69, 9.17) is 17.3 Å². The van der Waals surface area contributed by atoms with Crippen LogP contribution in [-0.4, -0.2) is 16.1 Å². The zero-order chi connectivity index (χ0) is 18.0. The van der Waals surface area contributed by atoms with E-state index in [1.807, 2.05) is 6.92 Å². The van der Waals surface area contributed by atoms with Crippen LogP contribution in [0.4, 0.5) is 10.1 Å². The fourth-order valence-corrected chi connectivity index (χ4v) is 2.75. The quantitative estimate of drug-likeness (QED) is 0.663. The molecule has 0 saturated carbocycles. The molecule has 1 amide bonds. The van der Waals surface area contributed by atoms with Crippen molar-refractivity contribution >= 4 is 23.2 Å². The first-order valence-corrected chi connectivity index (χ1v) is 7.94. The van der Waals surface area contributed by atoms with Crippen molar-refractivity contribution in [2.75, 3.05) is 5.32 Å². The second-order valence-electron chi connectivity index (χ2n) is 5.66. The van der Waals surface area contributed by atoms with Crippen molar-refractivity contribution in [2.24, 2.45) is 5.73 Å². The van der Waals surface area contributed by atoms with Crippen molar-refractivity contribution < 1.29 is 9.18 Å². The molecule has 0 bridgehead atoms. The number of hydrogen-bond acceptors (Lipinski definition) is 3. The van der Waals surface area contributed by atoms with Gasteiger partial charge in [0, 0.05) is 16.8 Å². The average Bonchev–Trinajstić information content (AvgIpc) is 3.11. The van der Waals surface area contributed by atoms with Gasteiger partial charge < -0.3 is 11.1 Å². The summed E-state index contributed by atoms with van der Waals surface area (Å²) < 4.78 is 14.4. The lowest BCUT2D eigenvalue weighted by Crippen LogP contribution is -2.28. The van der Waals surface area contributed by atoms with Crippen LogP contribution in [0.1, 0.15) is 17.2 Å². The number of hydrogen-bond donors (Lipinski definition) is 3. The van der Waals surface area contributed by atoms with Gasteiger partial charge in [-0.15, -0.1) is 0 Å². The molecule has 5 nitrogen and oxygen atoms in total. The number of nitrogens with two attached hydrogens (primary N) is 1. The molecule has 1 atom stereocenters. The molecule has 7 heteroatoms. The van der Waals surface area contributed by atoms with Crippen molar-refractivity contribution in [1.82, 2.24) is 10.2 Å². The summed E-state index contributed by atoms with van der Waals surface area (Å²) >= 11 is 5.91.